The summed E-state index contributed by atoms with van der Waals surface area (Å²) in [4.78, 5) is 18.8. The molecule has 0 unspecified atom stereocenters. The van der Waals surface area contributed by atoms with Gasteiger partial charge >= 0.3 is 0 Å². The zero-order chi connectivity index (χ0) is 16.8. The van der Waals surface area contributed by atoms with Gasteiger partial charge in [0.15, 0.2) is 0 Å². The Bertz CT molecular complexity index is 656. The van der Waals surface area contributed by atoms with Crippen LogP contribution in [0.1, 0.15) is 32.1 Å². The molecule has 1 saturated heterocycles. The summed E-state index contributed by atoms with van der Waals surface area (Å²) in [5.41, 5.74) is 0.961. The average Bonchev–Trinajstić information content (AvgIpc) is 3.01. The lowest BCUT2D eigenvalue weighted by Gasteiger charge is -2.26. The highest BCUT2D eigenvalue weighted by Crippen LogP contribution is 2.16. The molecule has 0 spiro atoms. The van der Waals surface area contributed by atoms with Gasteiger partial charge in [-0.2, -0.15) is 4.98 Å². The van der Waals surface area contributed by atoms with Gasteiger partial charge in [-0.05, 0) is 25.8 Å². The molecule has 128 valence electrons. The summed E-state index contributed by atoms with van der Waals surface area (Å²) in [5, 5.41) is 7.03. The lowest BCUT2D eigenvalue weighted by Crippen LogP contribution is -2.44. The van der Waals surface area contributed by atoms with Crippen molar-refractivity contribution >= 4 is 5.91 Å². The fraction of sp³-hybridized carbons (Fsp3) is 0.500. The summed E-state index contributed by atoms with van der Waals surface area (Å²) in [6.07, 6.45) is 3.47. The maximum absolute atomic E-state index is 12.1. The summed E-state index contributed by atoms with van der Waals surface area (Å²) < 4.78 is 5.35. The predicted molar refractivity (Wildman–Crippen MR) is 91.3 cm³/mol. The second-order valence-corrected chi connectivity index (χ2v) is 6.09. The number of benzene rings is 1. The van der Waals surface area contributed by atoms with Crippen molar-refractivity contribution in [3.8, 4) is 11.4 Å². The van der Waals surface area contributed by atoms with Gasteiger partial charge in [0.05, 0.1) is 6.04 Å². The topological polar surface area (TPSA) is 71.3 Å². The number of amides is 1. The van der Waals surface area contributed by atoms with E-state index < -0.39 is 0 Å². The molecule has 0 aliphatic carbocycles. The number of carbonyl (C=O) groups excluding carboxylic acids is 1. The molecule has 0 bridgehead atoms. The van der Waals surface area contributed by atoms with Crippen molar-refractivity contribution in [2.75, 3.05) is 19.6 Å². The van der Waals surface area contributed by atoms with Crippen molar-refractivity contribution in [3.05, 3.63) is 36.2 Å². The summed E-state index contributed by atoms with van der Waals surface area (Å²) in [6, 6.07) is 9.80. The van der Waals surface area contributed by atoms with E-state index in [0.29, 0.717) is 11.7 Å². The summed E-state index contributed by atoms with van der Waals surface area (Å²) in [6.45, 7) is 4.66. The van der Waals surface area contributed by atoms with E-state index in [1.165, 1.54) is 0 Å². The molecule has 1 N–H and O–H groups in total. The SMILES string of the molecule is CC[C@H]1C(=O)NCCCN1CCCc1nc(-c2ccccc2)no1. The first-order chi connectivity index (χ1) is 11.8. The van der Waals surface area contributed by atoms with E-state index in [-0.39, 0.29) is 11.9 Å². The van der Waals surface area contributed by atoms with Crippen LogP contribution in [0.2, 0.25) is 0 Å². The normalized spacial score (nSPS) is 19.0. The second kappa shape index (κ2) is 8.06. The van der Waals surface area contributed by atoms with Gasteiger partial charge in [0.25, 0.3) is 0 Å². The van der Waals surface area contributed by atoms with Gasteiger partial charge in [-0.15, -0.1) is 0 Å². The zero-order valence-corrected chi connectivity index (χ0v) is 14.1. The molecule has 0 radical (unpaired) electrons. The smallest absolute Gasteiger partial charge is 0.237 e. The Morgan fingerprint density at radius 2 is 2.17 bits per heavy atom. The quantitative estimate of drug-likeness (QED) is 0.881. The molecule has 2 aromatic rings. The molecular formula is C18H24N4O2. The fourth-order valence-corrected chi connectivity index (χ4v) is 3.14. The summed E-state index contributed by atoms with van der Waals surface area (Å²) in [7, 11) is 0. The van der Waals surface area contributed by atoms with Crippen LogP contribution >= 0.6 is 0 Å². The number of hydrogen-bond acceptors (Lipinski definition) is 5. The average molecular weight is 328 g/mol. The standard InChI is InChI=1S/C18H24N4O2/c1-2-15-18(23)19-11-7-13-22(15)12-6-10-16-20-17(21-24-16)14-8-4-3-5-9-14/h3-5,8-9,15H,2,6-7,10-13H2,1H3,(H,19,23)/t15-/m0/s1. The fourth-order valence-electron chi connectivity index (χ4n) is 3.14. The monoisotopic (exact) mass is 328 g/mol. The Labute approximate surface area is 142 Å². The van der Waals surface area contributed by atoms with Crippen LogP contribution in [0.5, 0.6) is 0 Å². The molecule has 1 atom stereocenters. The molecule has 1 fully saturated rings. The van der Waals surface area contributed by atoms with Crippen LogP contribution in [0.3, 0.4) is 0 Å². The minimum atomic E-state index is -0.0185. The van der Waals surface area contributed by atoms with Crippen LogP contribution in [0, 0.1) is 0 Å². The summed E-state index contributed by atoms with van der Waals surface area (Å²) >= 11 is 0. The Kier molecular flexibility index (Phi) is 5.59. The molecule has 6 heteroatoms. The van der Waals surface area contributed by atoms with Crippen molar-refractivity contribution in [1.82, 2.24) is 20.4 Å². The van der Waals surface area contributed by atoms with Crippen LogP contribution in [-0.4, -0.2) is 46.6 Å². The van der Waals surface area contributed by atoms with Gasteiger partial charge in [0, 0.05) is 25.1 Å². The zero-order valence-electron chi connectivity index (χ0n) is 14.1. The van der Waals surface area contributed by atoms with Crippen molar-refractivity contribution in [3.63, 3.8) is 0 Å². The Morgan fingerprint density at radius 1 is 1.33 bits per heavy atom. The lowest BCUT2D eigenvalue weighted by molar-refractivity contribution is -0.125. The lowest BCUT2D eigenvalue weighted by atomic mass is 10.1. The summed E-state index contributed by atoms with van der Waals surface area (Å²) in [5.74, 6) is 1.44. The van der Waals surface area contributed by atoms with E-state index in [1.807, 2.05) is 30.3 Å². The molecule has 6 nitrogen and oxygen atoms in total. The van der Waals surface area contributed by atoms with E-state index in [9.17, 15) is 4.79 Å². The third-order valence-corrected chi connectivity index (χ3v) is 4.39. The molecular weight excluding hydrogens is 304 g/mol. The maximum atomic E-state index is 12.1. The van der Waals surface area contributed by atoms with Crippen LogP contribution in [0.4, 0.5) is 0 Å². The van der Waals surface area contributed by atoms with Crippen LogP contribution in [0.15, 0.2) is 34.9 Å². The number of aryl methyl sites for hydroxylation is 1. The number of nitrogens with zero attached hydrogens (tertiary/aromatic N) is 3. The molecule has 1 amide bonds. The van der Waals surface area contributed by atoms with Crippen molar-refractivity contribution in [2.45, 2.75) is 38.6 Å². The second-order valence-electron chi connectivity index (χ2n) is 6.09. The first-order valence-corrected chi connectivity index (χ1v) is 8.67. The van der Waals surface area contributed by atoms with Gasteiger partial charge in [-0.3, -0.25) is 9.69 Å². The molecule has 1 aromatic carbocycles. The van der Waals surface area contributed by atoms with Gasteiger partial charge < -0.3 is 9.84 Å². The third-order valence-electron chi connectivity index (χ3n) is 4.39. The van der Waals surface area contributed by atoms with Crippen molar-refractivity contribution in [2.24, 2.45) is 0 Å². The highest BCUT2D eigenvalue weighted by Gasteiger charge is 2.25. The largest absolute Gasteiger partial charge is 0.355 e. The molecule has 3 rings (SSSR count). The van der Waals surface area contributed by atoms with Gasteiger partial charge in [0.2, 0.25) is 17.6 Å². The van der Waals surface area contributed by atoms with Crippen LogP contribution < -0.4 is 5.32 Å². The highest BCUT2D eigenvalue weighted by molar-refractivity contribution is 5.81. The maximum Gasteiger partial charge on any atom is 0.237 e. The first-order valence-electron chi connectivity index (χ1n) is 8.67. The van der Waals surface area contributed by atoms with Gasteiger partial charge in [0.1, 0.15) is 0 Å². The number of hydrogen-bond donors (Lipinski definition) is 1. The third kappa shape index (κ3) is 4.00. The highest BCUT2D eigenvalue weighted by atomic mass is 16.5. The van der Waals surface area contributed by atoms with Crippen LogP contribution in [-0.2, 0) is 11.2 Å². The van der Waals surface area contributed by atoms with E-state index in [2.05, 4.69) is 27.3 Å². The minimum Gasteiger partial charge on any atom is -0.355 e. The van der Waals surface area contributed by atoms with Crippen molar-refractivity contribution in [1.29, 1.82) is 0 Å². The van der Waals surface area contributed by atoms with E-state index in [0.717, 1.165) is 50.9 Å². The van der Waals surface area contributed by atoms with E-state index in [1.54, 1.807) is 0 Å². The van der Waals surface area contributed by atoms with E-state index in [4.69, 9.17) is 4.52 Å². The number of rotatable bonds is 6. The Morgan fingerprint density at radius 3 is 2.96 bits per heavy atom. The number of carbonyl (C=O) groups is 1. The van der Waals surface area contributed by atoms with Crippen LogP contribution in [0.25, 0.3) is 11.4 Å². The Balaban J connectivity index is 1.54. The Hall–Kier alpha value is -2.21. The predicted octanol–water partition coefficient (Wildman–Crippen LogP) is 2.27. The molecule has 1 aliphatic rings. The molecule has 0 saturated carbocycles. The van der Waals surface area contributed by atoms with Crippen molar-refractivity contribution < 1.29 is 9.32 Å². The molecule has 1 aliphatic heterocycles. The molecule has 2 heterocycles. The first kappa shape index (κ1) is 16.6. The minimum absolute atomic E-state index is 0.0185. The molecule has 24 heavy (non-hydrogen) atoms. The van der Waals surface area contributed by atoms with Gasteiger partial charge in [-0.1, -0.05) is 42.4 Å². The van der Waals surface area contributed by atoms with Gasteiger partial charge in [-0.25, -0.2) is 0 Å². The molecule has 1 aromatic heterocycles. The number of nitrogens with one attached hydrogen (secondary N) is 1. The number of aromatic nitrogens is 2. The van der Waals surface area contributed by atoms with E-state index >= 15 is 0 Å².